The summed E-state index contributed by atoms with van der Waals surface area (Å²) in [6, 6.07) is 9.88. The molecule has 1 saturated heterocycles. The first-order chi connectivity index (χ1) is 8.07. The second kappa shape index (κ2) is 4.84. The van der Waals surface area contributed by atoms with Crippen LogP contribution in [0.15, 0.2) is 30.3 Å². The van der Waals surface area contributed by atoms with Crippen LogP contribution in [0, 0.1) is 0 Å². The average Bonchev–Trinajstić information content (AvgIpc) is 2.60. The van der Waals surface area contributed by atoms with E-state index in [9.17, 15) is 9.18 Å². The van der Waals surface area contributed by atoms with Crippen molar-refractivity contribution in [2.75, 3.05) is 13.1 Å². The highest BCUT2D eigenvalue weighted by molar-refractivity contribution is 5.66. The number of ether oxygens (including phenoxy) is 1. The van der Waals surface area contributed by atoms with Gasteiger partial charge < -0.3 is 4.74 Å². The van der Waals surface area contributed by atoms with Gasteiger partial charge in [0.05, 0.1) is 6.54 Å². The minimum Gasteiger partial charge on any atom is -0.427 e. The highest BCUT2D eigenvalue weighted by Crippen LogP contribution is 2.28. The molecule has 1 aromatic rings. The molecule has 0 N–H and O–H groups in total. The van der Waals surface area contributed by atoms with E-state index in [0.717, 1.165) is 5.56 Å². The van der Waals surface area contributed by atoms with Crippen LogP contribution in [0.3, 0.4) is 0 Å². The van der Waals surface area contributed by atoms with Gasteiger partial charge in [-0.25, -0.2) is 0 Å². The van der Waals surface area contributed by atoms with Crippen LogP contribution in [0.25, 0.3) is 0 Å². The third-order valence-electron chi connectivity index (χ3n) is 2.84. The summed E-state index contributed by atoms with van der Waals surface area (Å²) in [4.78, 5) is 12.7. The van der Waals surface area contributed by atoms with Crippen molar-refractivity contribution in [2.45, 2.75) is 25.7 Å². The first-order valence-electron chi connectivity index (χ1n) is 5.72. The van der Waals surface area contributed by atoms with Crippen LogP contribution in [-0.2, 0) is 16.1 Å². The monoisotopic (exact) mass is 237 g/mol. The molecular formula is C13H16FNO2. The van der Waals surface area contributed by atoms with Crippen molar-refractivity contribution in [3.05, 3.63) is 35.9 Å². The molecule has 0 spiro atoms. The largest absolute Gasteiger partial charge is 0.427 e. The molecule has 17 heavy (non-hydrogen) atoms. The van der Waals surface area contributed by atoms with Crippen LogP contribution in [-0.4, -0.2) is 29.8 Å². The summed E-state index contributed by atoms with van der Waals surface area (Å²) >= 11 is 0. The van der Waals surface area contributed by atoms with Gasteiger partial charge in [-0.3, -0.25) is 9.69 Å². The molecule has 1 heterocycles. The molecule has 3 nitrogen and oxygen atoms in total. The smallest absolute Gasteiger partial charge is 0.305 e. The van der Waals surface area contributed by atoms with Crippen molar-refractivity contribution in [2.24, 2.45) is 0 Å². The van der Waals surface area contributed by atoms with E-state index in [1.165, 1.54) is 6.92 Å². The lowest BCUT2D eigenvalue weighted by atomic mass is 10.2. The van der Waals surface area contributed by atoms with E-state index in [-0.39, 0.29) is 13.0 Å². The lowest BCUT2D eigenvalue weighted by Crippen LogP contribution is -2.33. The molecular weight excluding hydrogens is 221 g/mol. The number of rotatable bonds is 3. The van der Waals surface area contributed by atoms with E-state index in [0.29, 0.717) is 13.1 Å². The Morgan fingerprint density at radius 1 is 1.47 bits per heavy atom. The maximum absolute atomic E-state index is 14.0. The summed E-state index contributed by atoms with van der Waals surface area (Å²) in [5, 5.41) is 0. The standard InChI is InChI=1S/C13H16FNO2/c1-11(16)17-13(14)7-8-15(10-13)9-12-5-3-2-4-6-12/h2-6H,7-10H2,1H3. The Hall–Kier alpha value is -1.42. The number of benzene rings is 1. The Morgan fingerprint density at radius 2 is 2.18 bits per heavy atom. The average molecular weight is 237 g/mol. The minimum atomic E-state index is -1.80. The Kier molecular flexibility index (Phi) is 3.43. The highest BCUT2D eigenvalue weighted by atomic mass is 19.2. The van der Waals surface area contributed by atoms with Crippen molar-refractivity contribution >= 4 is 5.97 Å². The Morgan fingerprint density at radius 3 is 2.82 bits per heavy atom. The van der Waals surface area contributed by atoms with Crippen LogP contribution in [0.5, 0.6) is 0 Å². The maximum Gasteiger partial charge on any atom is 0.305 e. The normalized spacial score (nSPS) is 24.8. The molecule has 92 valence electrons. The Balaban J connectivity index is 1.92. The number of carbonyl (C=O) groups excluding carboxylic acids is 1. The Bertz CT molecular complexity index is 396. The number of carbonyl (C=O) groups is 1. The van der Waals surface area contributed by atoms with Gasteiger partial charge in [-0.1, -0.05) is 30.3 Å². The summed E-state index contributed by atoms with van der Waals surface area (Å²) in [6.45, 7) is 2.69. The lowest BCUT2D eigenvalue weighted by Gasteiger charge is -2.20. The van der Waals surface area contributed by atoms with Gasteiger partial charge in [0.2, 0.25) is 0 Å². The van der Waals surface area contributed by atoms with Crippen LogP contribution in [0.4, 0.5) is 4.39 Å². The topological polar surface area (TPSA) is 29.5 Å². The fourth-order valence-electron chi connectivity index (χ4n) is 2.13. The van der Waals surface area contributed by atoms with E-state index < -0.39 is 11.8 Å². The van der Waals surface area contributed by atoms with Gasteiger partial charge in [-0.2, -0.15) is 4.39 Å². The molecule has 1 aliphatic rings. The van der Waals surface area contributed by atoms with Gasteiger partial charge >= 0.3 is 5.97 Å². The van der Waals surface area contributed by atoms with Crippen LogP contribution in [0.2, 0.25) is 0 Å². The van der Waals surface area contributed by atoms with Gasteiger partial charge in [0, 0.05) is 26.4 Å². The number of hydrogen-bond donors (Lipinski definition) is 0. The molecule has 0 saturated carbocycles. The molecule has 0 aliphatic carbocycles. The summed E-state index contributed by atoms with van der Waals surface area (Å²) in [5.41, 5.74) is 1.14. The van der Waals surface area contributed by atoms with Crippen molar-refractivity contribution < 1.29 is 13.9 Å². The zero-order valence-electron chi connectivity index (χ0n) is 9.86. The van der Waals surface area contributed by atoms with E-state index in [2.05, 4.69) is 0 Å². The molecule has 1 aliphatic heterocycles. The summed E-state index contributed by atoms with van der Waals surface area (Å²) in [5.74, 6) is -2.37. The van der Waals surface area contributed by atoms with Crippen LogP contribution < -0.4 is 0 Å². The van der Waals surface area contributed by atoms with E-state index in [1.807, 2.05) is 35.2 Å². The van der Waals surface area contributed by atoms with Crippen LogP contribution in [0.1, 0.15) is 18.9 Å². The molecule has 1 aromatic carbocycles. The summed E-state index contributed by atoms with van der Waals surface area (Å²) in [7, 11) is 0. The SMILES string of the molecule is CC(=O)OC1(F)CCN(Cc2ccccc2)C1. The predicted octanol–water partition coefficient (Wildman–Crippen LogP) is 2.12. The molecule has 0 aromatic heterocycles. The van der Waals surface area contributed by atoms with Crippen molar-refractivity contribution in [1.29, 1.82) is 0 Å². The van der Waals surface area contributed by atoms with Crippen molar-refractivity contribution in [3.8, 4) is 0 Å². The third kappa shape index (κ3) is 3.27. The number of likely N-dealkylation sites (tertiary alicyclic amines) is 1. The first kappa shape index (κ1) is 12.0. The number of hydrogen-bond acceptors (Lipinski definition) is 3. The molecule has 0 bridgehead atoms. The fourth-order valence-corrected chi connectivity index (χ4v) is 2.13. The van der Waals surface area contributed by atoms with E-state index in [4.69, 9.17) is 4.74 Å². The van der Waals surface area contributed by atoms with E-state index in [1.54, 1.807) is 0 Å². The van der Waals surface area contributed by atoms with Gasteiger partial charge in [0.1, 0.15) is 0 Å². The zero-order chi connectivity index (χ0) is 12.3. The zero-order valence-corrected chi connectivity index (χ0v) is 9.86. The molecule has 1 fully saturated rings. The fraction of sp³-hybridized carbons (Fsp3) is 0.462. The predicted molar refractivity (Wildman–Crippen MR) is 61.9 cm³/mol. The molecule has 4 heteroatoms. The minimum absolute atomic E-state index is 0.154. The highest BCUT2D eigenvalue weighted by Gasteiger charge is 2.41. The number of esters is 1. The van der Waals surface area contributed by atoms with Crippen LogP contribution >= 0.6 is 0 Å². The number of nitrogens with zero attached hydrogens (tertiary/aromatic N) is 1. The first-order valence-corrected chi connectivity index (χ1v) is 5.72. The lowest BCUT2D eigenvalue weighted by molar-refractivity contribution is -0.176. The molecule has 1 atom stereocenters. The van der Waals surface area contributed by atoms with Gasteiger partial charge in [0.15, 0.2) is 0 Å². The number of alkyl halides is 1. The summed E-state index contributed by atoms with van der Waals surface area (Å²) < 4.78 is 18.8. The van der Waals surface area contributed by atoms with Crippen molar-refractivity contribution in [1.82, 2.24) is 4.90 Å². The second-order valence-corrected chi connectivity index (χ2v) is 4.42. The molecule has 0 amide bonds. The van der Waals surface area contributed by atoms with Gasteiger partial charge in [0.25, 0.3) is 5.85 Å². The van der Waals surface area contributed by atoms with E-state index >= 15 is 0 Å². The maximum atomic E-state index is 14.0. The van der Waals surface area contributed by atoms with Gasteiger partial charge in [-0.15, -0.1) is 0 Å². The number of halogens is 1. The molecule has 1 unspecified atom stereocenters. The molecule has 0 radical (unpaired) electrons. The third-order valence-corrected chi connectivity index (χ3v) is 2.84. The van der Waals surface area contributed by atoms with Crippen molar-refractivity contribution in [3.63, 3.8) is 0 Å². The summed E-state index contributed by atoms with van der Waals surface area (Å²) in [6.07, 6.45) is 0.249. The second-order valence-electron chi connectivity index (χ2n) is 4.42. The quantitative estimate of drug-likeness (QED) is 0.754. The van der Waals surface area contributed by atoms with Gasteiger partial charge in [-0.05, 0) is 5.56 Å². The Labute approximate surface area is 100 Å². The molecule has 2 rings (SSSR count).